The van der Waals surface area contributed by atoms with E-state index in [1.54, 1.807) is 16.7 Å². The highest BCUT2D eigenvalue weighted by Gasteiger charge is 2.38. The van der Waals surface area contributed by atoms with Gasteiger partial charge in [-0.25, -0.2) is 23.1 Å². The van der Waals surface area contributed by atoms with Crippen LogP contribution in [0.2, 0.25) is 0 Å². The Morgan fingerprint density at radius 3 is 2.73 bits per heavy atom. The molecule has 2 aliphatic heterocycles. The second-order valence-electron chi connectivity index (χ2n) is 10.3. The fourth-order valence-corrected chi connectivity index (χ4v) is 5.46. The largest absolute Gasteiger partial charge is 0.507 e. The minimum absolute atomic E-state index is 0.0757. The lowest BCUT2D eigenvalue weighted by molar-refractivity contribution is -0.126. The number of hydrogen-bond acceptors (Lipinski definition) is 9. The summed E-state index contributed by atoms with van der Waals surface area (Å²) in [4.78, 5) is 38.4. The second kappa shape index (κ2) is 9.68. The number of carbonyl (C=O) groups excluding carboxylic acids is 1. The van der Waals surface area contributed by atoms with E-state index in [0.29, 0.717) is 18.0 Å². The van der Waals surface area contributed by atoms with Gasteiger partial charge in [0.15, 0.2) is 23.0 Å². The normalized spacial score (nSPS) is 16.5. The van der Waals surface area contributed by atoms with Crippen LogP contribution in [0.15, 0.2) is 40.2 Å². The van der Waals surface area contributed by atoms with Crippen molar-refractivity contribution in [2.24, 2.45) is 0 Å². The molecule has 0 radical (unpaired) electrons. The van der Waals surface area contributed by atoms with Crippen molar-refractivity contribution in [1.82, 2.24) is 24.6 Å². The molecule has 11 nitrogen and oxygen atoms in total. The molecule has 4 aromatic rings. The van der Waals surface area contributed by atoms with E-state index in [9.17, 15) is 14.7 Å². The van der Waals surface area contributed by atoms with E-state index in [4.69, 9.17) is 9.26 Å². The lowest BCUT2D eigenvalue weighted by atomic mass is 10.1. The van der Waals surface area contributed by atoms with Crippen LogP contribution in [0, 0.1) is 18.6 Å². The summed E-state index contributed by atoms with van der Waals surface area (Å²) in [5.74, 6) is -2.77. The number of piperazine rings is 1. The molecular formula is C28H26F2N6O5. The van der Waals surface area contributed by atoms with Crippen molar-refractivity contribution in [3.63, 3.8) is 0 Å². The molecule has 3 aromatic heterocycles. The Hall–Kier alpha value is -4.81. The lowest BCUT2D eigenvalue weighted by Gasteiger charge is -2.40. The maximum atomic E-state index is 16.3. The monoisotopic (exact) mass is 564 g/mol. The van der Waals surface area contributed by atoms with Gasteiger partial charge in [-0.15, -0.1) is 0 Å². The van der Waals surface area contributed by atoms with Crippen LogP contribution in [-0.4, -0.2) is 67.9 Å². The predicted molar refractivity (Wildman–Crippen MR) is 144 cm³/mol. The number of hydrogen-bond donors (Lipinski definition) is 1. The van der Waals surface area contributed by atoms with Crippen molar-refractivity contribution >= 4 is 22.8 Å². The number of anilines is 1. The number of fused-ring (bicyclic) bond motifs is 2. The number of nitrogens with zero attached hydrogens (tertiary/aromatic N) is 6. The molecule has 13 heteroatoms. The molecule has 5 heterocycles. The van der Waals surface area contributed by atoms with Crippen LogP contribution >= 0.6 is 0 Å². The third-order valence-corrected chi connectivity index (χ3v) is 7.40. The molecule has 212 valence electrons. The van der Waals surface area contributed by atoms with Crippen LogP contribution in [0.1, 0.15) is 31.2 Å². The van der Waals surface area contributed by atoms with E-state index in [0.717, 1.165) is 10.6 Å². The molecule has 1 amide bonds. The molecule has 1 N–H and O–H groups in total. The van der Waals surface area contributed by atoms with Gasteiger partial charge in [0.05, 0.1) is 11.6 Å². The van der Waals surface area contributed by atoms with Crippen molar-refractivity contribution in [2.75, 3.05) is 31.1 Å². The Balaban J connectivity index is 1.70. The molecule has 1 fully saturated rings. The van der Waals surface area contributed by atoms with E-state index >= 15 is 8.78 Å². The zero-order chi connectivity index (χ0) is 29.2. The molecule has 1 aromatic carbocycles. The molecule has 0 saturated carbocycles. The average Bonchev–Trinajstić information content (AvgIpc) is 3.24. The topological polar surface area (TPSA) is 127 Å². The van der Waals surface area contributed by atoms with Gasteiger partial charge in [0.25, 0.3) is 0 Å². The number of pyridine rings is 1. The van der Waals surface area contributed by atoms with Gasteiger partial charge in [-0.2, -0.15) is 4.98 Å². The van der Waals surface area contributed by atoms with E-state index in [1.807, 2.05) is 13.8 Å². The maximum absolute atomic E-state index is 16.3. The summed E-state index contributed by atoms with van der Waals surface area (Å²) in [6.07, 6.45) is 1.21. The van der Waals surface area contributed by atoms with Crippen LogP contribution in [0.3, 0.4) is 0 Å². The predicted octanol–water partition coefficient (Wildman–Crippen LogP) is 3.45. The smallest absolute Gasteiger partial charge is 0.356 e. The number of amides is 1. The third-order valence-electron chi connectivity index (χ3n) is 7.40. The van der Waals surface area contributed by atoms with E-state index in [2.05, 4.69) is 21.7 Å². The van der Waals surface area contributed by atoms with Crippen LogP contribution in [0.5, 0.6) is 11.5 Å². The Labute approximate surface area is 232 Å². The van der Waals surface area contributed by atoms with Gasteiger partial charge in [0.1, 0.15) is 46.5 Å². The Morgan fingerprint density at radius 2 is 2.02 bits per heavy atom. The molecule has 6 rings (SSSR count). The highest BCUT2D eigenvalue weighted by Crippen LogP contribution is 2.44. The number of aromatic hydroxyl groups is 1. The van der Waals surface area contributed by atoms with Crippen molar-refractivity contribution in [3.05, 3.63) is 64.4 Å². The highest BCUT2D eigenvalue weighted by molar-refractivity contribution is 5.97. The van der Waals surface area contributed by atoms with Gasteiger partial charge in [-0.1, -0.05) is 31.6 Å². The molecule has 2 aliphatic rings. The van der Waals surface area contributed by atoms with Gasteiger partial charge in [0, 0.05) is 25.6 Å². The molecule has 0 spiro atoms. The highest BCUT2D eigenvalue weighted by atomic mass is 19.1. The van der Waals surface area contributed by atoms with Gasteiger partial charge < -0.3 is 24.2 Å². The summed E-state index contributed by atoms with van der Waals surface area (Å²) >= 11 is 0. The number of rotatable bonds is 4. The van der Waals surface area contributed by atoms with Crippen LogP contribution in [0.25, 0.3) is 28.0 Å². The summed E-state index contributed by atoms with van der Waals surface area (Å²) in [6, 6.07) is 3.07. The number of phenols is 1. The van der Waals surface area contributed by atoms with Gasteiger partial charge >= 0.3 is 5.69 Å². The number of ether oxygens (including phenoxy) is 1. The van der Waals surface area contributed by atoms with Crippen molar-refractivity contribution in [1.29, 1.82) is 0 Å². The molecule has 41 heavy (non-hydrogen) atoms. The van der Waals surface area contributed by atoms with Gasteiger partial charge in [-0.3, -0.25) is 4.79 Å². The summed E-state index contributed by atoms with van der Waals surface area (Å²) in [6.45, 7) is 9.62. The maximum Gasteiger partial charge on any atom is 0.356 e. The number of halogens is 2. The van der Waals surface area contributed by atoms with Gasteiger partial charge in [-0.05, 0) is 25.1 Å². The third kappa shape index (κ3) is 4.02. The zero-order valence-corrected chi connectivity index (χ0v) is 22.5. The quantitative estimate of drug-likeness (QED) is 0.371. The second-order valence-corrected chi connectivity index (χ2v) is 10.3. The fourth-order valence-electron chi connectivity index (χ4n) is 5.46. The zero-order valence-electron chi connectivity index (χ0n) is 22.5. The summed E-state index contributed by atoms with van der Waals surface area (Å²) in [5.41, 5.74) is -1.22. The lowest BCUT2D eigenvalue weighted by Crippen LogP contribution is -2.56. The fraction of sp³-hybridized carbons (Fsp3) is 0.321. The molecule has 1 atom stereocenters. The summed E-state index contributed by atoms with van der Waals surface area (Å²) in [5, 5.41) is 14.6. The first kappa shape index (κ1) is 26.4. The van der Waals surface area contributed by atoms with Crippen molar-refractivity contribution < 1.29 is 27.9 Å². The first-order valence-corrected chi connectivity index (χ1v) is 13.0. The van der Waals surface area contributed by atoms with Gasteiger partial charge in [0.2, 0.25) is 5.91 Å². The number of benzene rings is 1. The van der Waals surface area contributed by atoms with Crippen LogP contribution < -0.4 is 15.3 Å². The SMILES string of the molecule is C=CC(=O)N1CCN2c3nc(=O)n(-c4c(C)noc4C(C)C)c4nc(-c5c(O)cccc5F)c(F)c(c34)OC[C@H]2C1. The molecular weight excluding hydrogens is 538 g/mol. The minimum Gasteiger partial charge on any atom is -0.507 e. The molecule has 0 bridgehead atoms. The molecule has 1 saturated heterocycles. The van der Waals surface area contributed by atoms with Crippen LogP contribution in [-0.2, 0) is 4.79 Å². The Bertz CT molecular complexity index is 1780. The van der Waals surface area contributed by atoms with Crippen molar-refractivity contribution in [2.45, 2.75) is 32.7 Å². The van der Waals surface area contributed by atoms with Crippen molar-refractivity contribution in [3.8, 4) is 28.4 Å². The van der Waals surface area contributed by atoms with E-state index < -0.39 is 40.4 Å². The average molecular weight is 565 g/mol. The number of aromatic nitrogens is 4. The Morgan fingerprint density at radius 1 is 1.24 bits per heavy atom. The van der Waals surface area contributed by atoms with E-state index in [1.165, 1.54) is 18.2 Å². The minimum atomic E-state index is -1.03. The number of carbonyl (C=O) groups is 1. The molecule has 0 unspecified atom stereocenters. The number of phenolic OH excluding ortho intramolecular Hbond substituents is 1. The van der Waals surface area contributed by atoms with Crippen LogP contribution in [0.4, 0.5) is 14.6 Å². The first-order valence-electron chi connectivity index (χ1n) is 13.0. The summed E-state index contributed by atoms with van der Waals surface area (Å²) in [7, 11) is 0. The standard InChI is InChI=1S/C28H26F2N6O5/c1-5-18(38)34-9-10-35-15(11-34)12-40-25-20-26(35)32-28(39)36(23-14(4)33-41-24(23)13(2)3)27(20)31-22(21(25)30)19-16(29)7-6-8-17(19)37/h5-8,13,15,37H,1,9-12H2,2-4H3/t15-/m1/s1. The number of aryl methyl sites for hydroxylation is 1. The first-order chi connectivity index (χ1) is 19.6. The van der Waals surface area contributed by atoms with E-state index in [-0.39, 0.29) is 59.8 Å². The molecule has 0 aliphatic carbocycles. The summed E-state index contributed by atoms with van der Waals surface area (Å²) < 4.78 is 44.1. The Kier molecular flexibility index (Phi) is 6.24.